The molecule has 0 bridgehead atoms. The minimum absolute atomic E-state index is 0.0865. The van der Waals surface area contributed by atoms with Crippen LogP contribution < -0.4 is 9.64 Å². The summed E-state index contributed by atoms with van der Waals surface area (Å²) in [6.07, 6.45) is 4.95. The van der Waals surface area contributed by atoms with Crippen molar-refractivity contribution in [1.82, 2.24) is 14.8 Å². The SMILES string of the molecule is CC#CC(=O)N(c1ccc2c(n1)c(O[C@H]1CC[C@@H](C(=O)OC(C)(C)C)CC1)nn2C)c1cc(C)c(Br)cc1C1CC1. The number of aryl methyl sites for hydroxylation is 2. The van der Waals surface area contributed by atoms with Crippen LogP contribution in [0.5, 0.6) is 5.88 Å². The molecule has 2 fully saturated rings. The van der Waals surface area contributed by atoms with E-state index in [1.807, 2.05) is 52.9 Å². The van der Waals surface area contributed by atoms with Gasteiger partial charge in [0.05, 0.1) is 17.1 Å². The maximum Gasteiger partial charge on any atom is 0.309 e. The van der Waals surface area contributed by atoms with Gasteiger partial charge < -0.3 is 9.47 Å². The average Bonchev–Trinajstić information content (AvgIpc) is 3.70. The number of benzene rings is 1. The molecular formula is C32H37BrN4O4. The Morgan fingerprint density at radius 2 is 1.80 bits per heavy atom. The first-order valence-electron chi connectivity index (χ1n) is 14.2. The second-order valence-corrected chi connectivity index (χ2v) is 12.9. The number of ether oxygens (including phenoxy) is 2. The molecule has 2 heterocycles. The number of carbonyl (C=O) groups excluding carboxylic acids is 2. The summed E-state index contributed by atoms with van der Waals surface area (Å²) in [4.78, 5) is 32.6. The molecule has 0 aliphatic heterocycles. The van der Waals surface area contributed by atoms with Gasteiger partial charge in [0.2, 0.25) is 0 Å². The molecule has 1 aromatic carbocycles. The first-order valence-corrected chi connectivity index (χ1v) is 15.0. The molecule has 9 heteroatoms. The molecule has 0 N–H and O–H groups in total. The van der Waals surface area contributed by atoms with Gasteiger partial charge in [0.25, 0.3) is 5.88 Å². The summed E-state index contributed by atoms with van der Waals surface area (Å²) in [5.41, 5.74) is 3.84. The molecule has 2 aliphatic carbocycles. The topological polar surface area (TPSA) is 86.6 Å². The van der Waals surface area contributed by atoms with E-state index < -0.39 is 5.60 Å². The molecule has 0 spiro atoms. The standard InChI is InChI=1S/C32H37BrN4O4/c1-7-8-28(38)37(26-17-19(2)24(33)18-23(26)20-9-10-20)27-16-15-25-29(34-27)30(35-36(25)6)40-22-13-11-21(12-14-22)31(39)41-32(3,4)5/h15-18,20-22H,9-14H2,1-6H3/t21-,22+. The van der Waals surface area contributed by atoms with Gasteiger partial charge in [-0.3, -0.25) is 19.2 Å². The fourth-order valence-electron chi connectivity index (χ4n) is 5.36. The normalized spacial score (nSPS) is 18.9. The predicted molar refractivity (Wildman–Crippen MR) is 162 cm³/mol. The monoisotopic (exact) mass is 620 g/mol. The van der Waals surface area contributed by atoms with E-state index in [1.165, 1.54) is 0 Å². The number of pyridine rings is 1. The summed E-state index contributed by atoms with van der Waals surface area (Å²) in [5, 5.41) is 4.63. The number of esters is 1. The minimum Gasteiger partial charge on any atom is -0.472 e. The van der Waals surface area contributed by atoms with Crippen LogP contribution in [0.3, 0.4) is 0 Å². The predicted octanol–water partition coefficient (Wildman–Crippen LogP) is 6.88. The number of amides is 1. The van der Waals surface area contributed by atoms with Crippen LogP contribution >= 0.6 is 15.9 Å². The van der Waals surface area contributed by atoms with Crippen LogP contribution in [0.1, 0.15) is 83.3 Å². The lowest BCUT2D eigenvalue weighted by Gasteiger charge is -2.29. The van der Waals surface area contributed by atoms with Crippen LogP contribution in [0.2, 0.25) is 0 Å². The lowest BCUT2D eigenvalue weighted by molar-refractivity contribution is -0.161. The highest BCUT2D eigenvalue weighted by Gasteiger charge is 2.33. The number of hydrogen-bond acceptors (Lipinski definition) is 6. The highest BCUT2D eigenvalue weighted by molar-refractivity contribution is 9.10. The molecule has 2 saturated carbocycles. The second-order valence-electron chi connectivity index (χ2n) is 12.0. The second kappa shape index (κ2) is 11.5. The fourth-order valence-corrected chi connectivity index (χ4v) is 5.72. The number of aromatic nitrogens is 3. The van der Waals surface area contributed by atoms with Crippen molar-refractivity contribution in [3.63, 3.8) is 0 Å². The van der Waals surface area contributed by atoms with E-state index in [4.69, 9.17) is 14.5 Å². The smallest absolute Gasteiger partial charge is 0.309 e. The third-order valence-electron chi connectivity index (χ3n) is 7.57. The zero-order valence-electron chi connectivity index (χ0n) is 24.6. The first kappa shape index (κ1) is 29.1. The minimum atomic E-state index is -0.493. The zero-order valence-corrected chi connectivity index (χ0v) is 26.2. The van der Waals surface area contributed by atoms with Gasteiger partial charge >= 0.3 is 11.9 Å². The molecule has 41 heavy (non-hydrogen) atoms. The van der Waals surface area contributed by atoms with E-state index in [2.05, 4.69) is 38.9 Å². The fraction of sp³-hybridized carbons (Fsp3) is 0.500. The molecule has 3 aromatic rings. The summed E-state index contributed by atoms with van der Waals surface area (Å²) in [5.74, 6) is 6.18. The van der Waals surface area contributed by atoms with Crippen molar-refractivity contribution in [2.45, 2.75) is 90.8 Å². The van der Waals surface area contributed by atoms with Gasteiger partial charge in [0, 0.05) is 11.5 Å². The van der Waals surface area contributed by atoms with Crippen molar-refractivity contribution in [1.29, 1.82) is 0 Å². The highest BCUT2D eigenvalue weighted by Crippen LogP contribution is 2.47. The molecule has 5 rings (SSSR count). The quantitative estimate of drug-likeness (QED) is 0.220. The first-order chi connectivity index (χ1) is 19.4. The molecule has 0 atom stereocenters. The van der Waals surface area contributed by atoms with Crippen molar-refractivity contribution in [2.75, 3.05) is 4.90 Å². The molecule has 1 amide bonds. The molecule has 2 aromatic heterocycles. The van der Waals surface area contributed by atoms with Crippen LogP contribution in [0.15, 0.2) is 28.7 Å². The van der Waals surface area contributed by atoms with Gasteiger partial charge in [-0.05, 0) is 120 Å². The van der Waals surface area contributed by atoms with E-state index in [-0.39, 0.29) is 23.9 Å². The molecule has 8 nitrogen and oxygen atoms in total. The summed E-state index contributed by atoms with van der Waals surface area (Å²) in [6, 6.07) is 7.90. The molecule has 2 aliphatic rings. The number of hydrogen-bond donors (Lipinski definition) is 0. The Bertz CT molecular complexity index is 1550. The summed E-state index contributed by atoms with van der Waals surface area (Å²) >= 11 is 3.67. The third kappa shape index (κ3) is 6.43. The lowest BCUT2D eigenvalue weighted by atomic mass is 9.87. The number of rotatable bonds is 6. The van der Waals surface area contributed by atoms with Crippen molar-refractivity contribution in [3.05, 3.63) is 39.9 Å². The van der Waals surface area contributed by atoms with Crippen LogP contribution in [-0.2, 0) is 21.4 Å². The molecule has 0 unspecified atom stereocenters. The Morgan fingerprint density at radius 1 is 1.10 bits per heavy atom. The van der Waals surface area contributed by atoms with E-state index in [9.17, 15) is 9.59 Å². The van der Waals surface area contributed by atoms with E-state index in [0.717, 1.165) is 52.5 Å². The summed E-state index contributed by atoms with van der Waals surface area (Å²) in [7, 11) is 1.85. The van der Waals surface area contributed by atoms with Gasteiger partial charge in [-0.25, -0.2) is 4.98 Å². The van der Waals surface area contributed by atoms with E-state index >= 15 is 0 Å². The number of carbonyl (C=O) groups is 2. The maximum absolute atomic E-state index is 13.5. The van der Waals surface area contributed by atoms with E-state index in [1.54, 1.807) is 16.5 Å². The van der Waals surface area contributed by atoms with Crippen molar-refractivity contribution in [3.8, 4) is 17.7 Å². The number of fused-ring (bicyclic) bond motifs is 1. The van der Waals surface area contributed by atoms with Crippen molar-refractivity contribution < 1.29 is 19.1 Å². The number of halogens is 1. The Labute approximate surface area is 249 Å². The molecular weight excluding hydrogens is 584 g/mol. The molecule has 0 saturated heterocycles. The van der Waals surface area contributed by atoms with Crippen molar-refractivity contribution >= 4 is 50.3 Å². The highest BCUT2D eigenvalue weighted by atomic mass is 79.9. The lowest BCUT2D eigenvalue weighted by Crippen LogP contribution is -2.33. The Hall–Kier alpha value is -3.38. The van der Waals surface area contributed by atoms with Gasteiger partial charge in [-0.15, -0.1) is 5.10 Å². The summed E-state index contributed by atoms with van der Waals surface area (Å²) in [6.45, 7) is 9.34. The summed E-state index contributed by atoms with van der Waals surface area (Å²) < 4.78 is 14.7. The van der Waals surface area contributed by atoms with Crippen LogP contribution in [-0.4, -0.2) is 38.3 Å². The van der Waals surface area contributed by atoms with Gasteiger partial charge in [0.15, 0.2) is 5.52 Å². The Morgan fingerprint density at radius 3 is 2.44 bits per heavy atom. The third-order valence-corrected chi connectivity index (χ3v) is 8.43. The van der Waals surface area contributed by atoms with Gasteiger partial charge in [-0.2, -0.15) is 0 Å². The van der Waals surface area contributed by atoms with Gasteiger partial charge in [0.1, 0.15) is 17.5 Å². The van der Waals surface area contributed by atoms with E-state index in [0.29, 0.717) is 36.0 Å². The number of anilines is 2. The molecule has 0 radical (unpaired) electrons. The largest absolute Gasteiger partial charge is 0.472 e. The number of nitrogens with zero attached hydrogens (tertiary/aromatic N) is 4. The van der Waals surface area contributed by atoms with Crippen LogP contribution in [0, 0.1) is 24.7 Å². The molecule has 216 valence electrons. The van der Waals surface area contributed by atoms with Gasteiger partial charge in [-0.1, -0.05) is 21.9 Å². The van der Waals surface area contributed by atoms with Crippen molar-refractivity contribution in [2.24, 2.45) is 13.0 Å². The van der Waals surface area contributed by atoms with Crippen LogP contribution in [0.25, 0.3) is 11.0 Å². The Kier molecular flexibility index (Phi) is 8.15. The average molecular weight is 622 g/mol. The Balaban J connectivity index is 1.45. The van der Waals surface area contributed by atoms with Crippen LogP contribution in [0.4, 0.5) is 11.5 Å². The zero-order chi connectivity index (χ0) is 29.5. The maximum atomic E-state index is 13.5.